The van der Waals surface area contributed by atoms with Gasteiger partial charge in [-0.2, -0.15) is 0 Å². The summed E-state index contributed by atoms with van der Waals surface area (Å²) in [6, 6.07) is 4.50. The van der Waals surface area contributed by atoms with Crippen molar-refractivity contribution in [1.82, 2.24) is 10.3 Å². The van der Waals surface area contributed by atoms with Crippen LogP contribution in [0, 0.1) is 5.92 Å². The van der Waals surface area contributed by atoms with Crippen molar-refractivity contribution in [3.05, 3.63) is 23.9 Å². The molecule has 2 rings (SSSR count). The molecule has 1 aliphatic rings. The third-order valence-electron chi connectivity index (χ3n) is 4.00. The van der Waals surface area contributed by atoms with Gasteiger partial charge in [-0.25, -0.2) is 4.98 Å². The predicted molar refractivity (Wildman–Crippen MR) is 76.3 cm³/mol. The van der Waals surface area contributed by atoms with Crippen molar-refractivity contribution in [3.63, 3.8) is 0 Å². The van der Waals surface area contributed by atoms with Gasteiger partial charge < -0.3 is 11.1 Å². The van der Waals surface area contributed by atoms with Crippen LogP contribution in [-0.2, 0) is 0 Å². The molecule has 1 aromatic heterocycles. The second-order valence-corrected chi connectivity index (χ2v) is 5.26. The van der Waals surface area contributed by atoms with Gasteiger partial charge in [-0.05, 0) is 31.4 Å². The molecule has 100 valence electrons. The second-order valence-electron chi connectivity index (χ2n) is 5.26. The molecule has 0 spiro atoms. The Morgan fingerprint density at radius 2 is 2.06 bits per heavy atom. The minimum atomic E-state index is 0.377. The van der Waals surface area contributed by atoms with E-state index in [2.05, 4.69) is 23.3 Å². The Balaban J connectivity index is 2.18. The molecular weight excluding hydrogens is 222 g/mol. The lowest BCUT2D eigenvalue weighted by atomic mass is 9.87. The van der Waals surface area contributed by atoms with E-state index in [9.17, 15) is 0 Å². The Kier molecular flexibility index (Phi) is 5.00. The molecule has 0 radical (unpaired) electrons. The van der Waals surface area contributed by atoms with Gasteiger partial charge in [0.05, 0.1) is 0 Å². The van der Waals surface area contributed by atoms with Crippen LogP contribution in [0.2, 0.25) is 0 Å². The number of hydrogen-bond acceptors (Lipinski definition) is 3. The maximum Gasteiger partial charge on any atom is 0.128 e. The topological polar surface area (TPSA) is 50.9 Å². The van der Waals surface area contributed by atoms with E-state index in [0.717, 1.165) is 6.54 Å². The molecule has 3 N–H and O–H groups in total. The molecule has 1 atom stereocenters. The molecule has 3 heteroatoms. The number of nitrogens with one attached hydrogen (secondary N) is 1. The fourth-order valence-electron chi connectivity index (χ4n) is 3.09. The number of nitrogens with two attached hydrogens (primary N) is 1. The summed E-state index contributed by atoms with van der Waals surface area (Å²) in [5, 5.41) is 3.62. The van der Waals surface area contributed by atoms with Crippen LogP contribution in [0.25, 0.3) is 0 Å². The van der Waals surface area contributed by atoms with Gasteiger partial charge in [0.25, 0.3) is 0 Å². The zero-order chi connectivity index (χ0) is 12.8. The van der Waals surface area contributed by atoms with E-state index >= 15 is 0 Å². The average Bonchev–Trinajstić information content (AvgIpc) is 2.66. The van der Waals surface area contributed by atoms with Gasteiger partial charge in [0.1, 0.15) is 5.82 Å². The normalized spacial score (nSPS) is 19.4. The fraction of sp³-hybridized carbons (Fsp3) is 0.667. The molecule has 0 aromatic carbocycles. The Hall–Kier alpha value is -1.09. The van der Waals surface area contributed by atoms with Gasteiger partial charge in [0, 0.05) is 17.8 Å². The van der Waals surface area contributed by atoms with E-state index < -0.39 is 0 Å². The van der Waals surface area contributed by atoms with E-state index in [0.29, 0.717) is 17.8 Å². The molecule has 1 saturated carbocycles. The quantitative estimate of drug-likeness (QED) is 0.803. The summed E-state index contributed by atoms with van der Waals surface area (Å²) in [7, 11) is 0. The predicted octanol–water partition coefficient (Wildman–Crippen LogP) is 3.28. The first kappa shape index (κ1) is 13.3. The lowest BCUT2D eigenvalue weighted by Gasteiger charge is -2.28. The van der Waals surface area contributed by atoms with E-state index in [1.807, 2.05) is 6.07 Å². The first-order chi connectivity index (χ1) is 8.83. The second kappa shape index (κ2) is 6.74. The molecule has 1 unspecified atom stereocenters. The Bertz CT molecular complexity index is 357. The standard InChI is InChI=1S/C15H25N3/c1-2-17-14(12-8-5-3-4-6-9-12)13-10-7-11-18-15(13)16/h7,10-12,14,17H,2-6,8-9H2,1H3,(H2,16,18). The molecule has 0 amide bonds. The first-order valence-electron chi connectivity index (χ1n) is 7.26. The third-order valence-corrected chi connectivity index (χ3v) is 4.00. The molecule has 1 aromatic rings. The van der Waals surface area contributed by atoms with E-state index in [1.54, 1.807) is 6.20 Å². The summed E-state index contributed by atoms with van der Waals surface area (Å²) >= 11 is 0. The summed E-state index contributed by atoms with van der Waals surface area (Å²) in [6.45, 7) is 3.14. The van der Waals surface area contributed by atoms with E-state index in [-0.39, 0.29) is 0 Å². The largest absolute Gasteiger partial charge is 0.383 e. The SMILES string of the molecule is CCNC(c1cccnc1N)C1CCCCCC1. The van der Waals surface area contributed by atoms with E-state index in [4.69, 9.17) is 5.73 Å². The maximum absolute atomic E-state index is 6.05. The Morgan fingerprint density at radius 3 is 2.67 bits per heavy atom. The summed E-state index contributed by atoms with van der Waals surface area (Å²) in [5.74, 6) is 1.40. The molecule has 3 nitrogen and oxygen atoms in total. The van der Waals surface area contributed by atoms with E-state index in [1.165, 1.54) is 44.1 Å². The molecular formula is C15H25N3. The Labute approximate surface area is 110 Å². The smallest absolute Gasteiger partial charge is 0.128 e. The minimum Gasteiger partial charge on any atom is -0.383 e. The highest BCUT2D eigenvalue weighted by Crippen LogP contribution is 2.34. The summed E-state index contributed by atoms with van der Waals surface area (Å²) in [4.78, 5) is 4.24. The number of nitrogen functional groups attached to an aromatic ring is 1. The molecule has 1 fully saturated rings. The highest BCUT2D eigenvalue weighted by Gasteiger charge is 2.25. The number of hydrogen-bond donors (Lipinski definition) is 2. The van der Waals surface area contributed by atoms with Crippen molar-refractivity contribution in [2.75, 3.05) is 12.3 Å². The molecule has 0 saturated heterocycles. The number of pyridine rings is 1. The minimum absolute atomic E-state index is 0.377. The molecule has 0 aliphatic heterocycles. The van der Waals surface area contributed by atoms with Crippen LogP contribution < -0.4 is 11.1 Å². The average molecular weight is 247 g/mol. The zero-order valence-electron chi connectivity index (χ0n) is 11.4. The van der Waals surface area contributed by atoms with Crippen LogP contribution in [0.5, 0.6) is 0 Å². The third kappa shape index (κ3) is 3.22. The van der Waals surface area contributed by atoms with Crippen molar-refractivity contribution in [2.24, 2.45) is 5.92 Å². The first-order valence-corrected chi connectivity index (χ1v) is 7.26. The van der Waals surface area contributed by atoms with Crippen LogP contribution in [0.1, 0.15) is 57.1 Å². The highest BCUT2D eigenvalue weighted by atomic mass is 14.9. The zero-order valence-corrected chi connectivity index (χ0v) is 11.4. The molecule has 1 aliphatic carbocycles. The fourth-order valence-corrected chi connectivity index (χ4v) is 3.09. The summed E-state index contributed by atoms with van der Waals surface area (Å²) in [6.07, 6.45) is 9.88. The highest BCUT2D eigenvalue weighted by molar-refractivity contribution is 5.41. The maximum atomic E-state index is 6.05. The van der Waals surface area contributed by atoms with Crippen LogP contribution in [0.15, 0.2) is 18.3 Å². The Morgan fingerprint density at radius 1 is 1.33 bits per heavy atom. The number of aromatic nitrogens is 1. The molecule has 18 heavy (non-hydrogen) atoms. The monoisotopic (exact) mass is 247 g/mol. The van der Waals surface area contributed by atoms with Crippen LogP contribution in [-0.4, -0.2) is 11.5 Å². The van der Waals surface area contributed by atoms with Gasteiger partial charge in [0.2, 0.25) is 0 Å². The van der Waals surface area contributed by atoms with Gasteiger partial charge >= 0.3 is 0 Å². The van der Waals surface area contributed by atoms with Gasteiger partial charge in [-0.1, -0.05) is 38.7 Å². The number of nitrogens with zero attached hydrogens (tertiary/aromatic N) is 1. The van der Waals surface area contributed by atoms with Crippen LogP contribution in [0.3, 0.4) is 0 Å². The van der Waals surface area contributed by atoms with Gasteiger partial charge in [0.15, 0.2) is 0 Å². The molecule has 0 bridgehead atoms. The van der Waals surface area contributed by atoms with Crippen molar-refractivity contribution in [1.29, 1.82) is 0 Å². The number of anilines is 1. The number of rotatable bonds is 4. The van der Waals surface area contributed by atoms with Gasteiger partial charge in [-0.15, -0.1) is 0 Å². The summed E-state index contributed by atoms with van der Waals surface area (Å²) in [5.41, 5.74) is 7.23. The van der Waals surface area contributed by atoms with Crippen molar-refractivity contribution < 1.29 is 0 Å². The van der Waals surface area contributed by atoms with Crippen molar-refractivity contribution in [2.45, 2.75) is 51.5 Å². The summed E-state index contributed by atoms with van der Waals surface area (Å²) < 4.78 is 0. The van der Waals surface area contributed by atoms with Crippen molar-refractivity contribution >= 4 is 5.82 Å². The molecule has 1 heterocycles. The van der Waals surface area contributed by atoms with Crippen LogP contribution in [0.4, 0.5) is 5.82 Å². The lowest BCUT2D eigenvalue weighted by Crippen LogP contribution is -2.29. The van der Waals surface area contributed by atoms with Crippen LogP contribution >= 0.6 is 0 Å². The lowest BCUT2D eigenvalue weighted by molar-refractivity contribution is 0.330. The van der Waals surface area contributed by atoms with Gasteiger partial charge in [-0.3, -0.25) is 0 Å². The van der Waals surface area contributed by atoms with Crippen molar-refractivity contribution in [3.8, 4) is 0 Å².